The van der Waals surface area contributed by atoms with Gasteiger partial charge in [-0.05, 0) is 19.4 Å². The zero-order valence-electron chi connectivity index (χ0n) is 14.0. The number of nitrogens with one attached hydrogen (secondary N) is 1. The van der Waals surface area contributed by atoms with Gasteiger partial charge in [-0.3, -0.25) is 19.3 Å². The lowest BCUT2D eigenvalue weighted by molar-refractivity contribution is -0.139. The number of benzene rings is 1. The average molecular weight is 358 g/mol. The number of imide groups is 1. The highest BCUT2D eigenvalue weighted by atomic mass is 32.1. The van der Waals surface area contributed by atoms with E-state index in [2.05, 4.69) is 15.5 Å². The van der Waals surface area contributed by atoms with Gasteiger partial charge in [0.05, 0.1) is 5.41 Å². The standard InChI is InChI=1S/C17H18N4O3S/c1-11-19-20-16(25-11)18-13(22)8-9-21-14(23)10-17(2,15(21)24)12-6-4-3-5-7-12/h3-7H,8-10H2,1-2H3,(H,18,20,22)/t17-/m1/s1. The maximum atomic E-state index is 12.8. The zero-order valence-corrected chi connectivity index (χ0v) is 14.8. The lowest BCUT2D eigenvalue weighted by Gasteiger charge is -2.22. The quantitative estimate of drug-likeness (QED) is 0.824. The summed E-state index contributed by atoms with van der Waals surface area (Å²) in [5, 5.41) is 11.4. The average Bonchev–Trinajstić information content (AvgIpc) is 3.09. The fourth-order valence-electron chi connectivity index (χ4n) is 2.88. The Morgan fingerprint density at radius 3 is 2.64 bits per heavy atom. The van der Waals surface area contributed by atoms with Gasteiger partial charge in [-0.2, -0.15) is 0 Å². The molecule has 2 heterocycles. The molecule has 1 saturated heterocycles. The van der Waals surface area contributed by atoms with Crippen molar-refractivity contribution >= 4 is 34.2 Å². The first-order chi connectivity index (χ1) is 11.9. The second-order valence-corrected chi connectivity index (χ2v) is 7.33. The Hall–Kier alpha value is -2.61. The molecule has 1 atom stereocenters. The van der Waals surface area contributed by atoms with Gasteiger partial charge < -0.3 is 5.32 Å². The molecule has 1 N–H and O–H groups in total. The van der Waals surface area contributed by atoms with Gasteiger partial charge in [0.1, 0.15) is 5.01 Å². The summed E-state index contributed by atoms with van der Waals surface area (Å²) in [7, 11) is 0. The first-order valence-corrected chi connectivity index (χ1v) is 8.72. The summed E-state index contributed by atoms with van der Waals surface area (Å²) in [5.41, 5.74) is -0.0600. The summed E-state index contributed by atoms with van der Waals surface area (Å²) in [6.45, 7) is 3.62. The molecule has 0 unspecified atom stereocenters. The van der Waals surface area contributed by atoms with Crippen molar-refractivity contribution in [1.29, 1.82) is 0 Å². The number of likely N-dealkylation sites (tertiary alicyclic amines) is 1. The molecule has 1 aliphatic rings. The van der Waals surface area contributed by atoms with Gasteiger partial charge in [0, 0.05) is 19.4 Å². The Morgan fingerprint density at radius 1 is 1.28 bits per heavy atom. The smallest absolute Gasteiger partial charge is 0.240 e. The number of hydrogen-bond donors (Lipinski definition) is 1. The van der Waals surface area contributed by atoms with Gasteiger partial charge in [0.2, 0.25) is 22.9 Å². The molecule has 2 aromatic rings. The van der Waals surface area contributed by atoms with Crippen LogP contribution in [0, 0.1) is 6.92 Å². The Balaban J connectivity index is 1.64. The predicted octanol–water partition coefficient (Wildman–Crippen LogP) is 1.89. The minimum Gasteiger partial charge on any atom is -0.300 e. The molecule has 0 radical (unpaired) electrons. The van der Waals surface area contributed by atoms with Crippen molar-refractivity contribution in [3.8, 4) is 0 Å². The molecule has 0 bridgehead atoms. The fraction of sp³-hybridized carbons (Fsp3) is 0.353. The Bertz CT molecular complexity index is 820. The monoisotopic (exact) mass is 358 g/mol. The van der Waals surface area contributed by atoms with Crippen molar-refractivity contribution in [3.63, 3.8) is 0 Å². The summed E-state index contributed by atoms with van der Waals surface area (Å²) in [6, 6.07) is 9.25. The van der Waals surface area contributed by atoms with E-state index in [1.807, 2.05) is 30.3 Å². The van der Waals surface area contributed by atoms with Crippen LogP contribution in [0.5, 0.6) is 0 Å². The number of carbonyl (C=O) groups is 3. The number of carbonyl (C=O) groups excluding carboxylic acids is 3. The van der Waals surface area contributed by atoms with Gasteiger partial charge in [0.15, 0.2) is 0 Å². The molecule has 7 nitrogen and oxygen atoms in total. The van der Waals surface area contributed by atoms with E-state index in [9.17, 15) is 14.4 Å². The largest absolute Gasteiger partial charge is 0.300 e. The summed E-state index contributed by atoms with van der Waals surface area (Å²) in [6.07, 6.45) is 0.147. The van der Waals surface area contributed by atoms with Crippen LogP contribution in [0.1, 0.15) is 30.3 Å². The lowest BCUT2D eigenvalue weighted by atomic mass is 9.81. The Labute approximate surface area is 149 Å². The Kier molecular flexibility index (Phi) is 4.63. The molecule has 3 amide bonds. The molecule has 1 fully saturated rings. The molecule has 130 valence electrons. The van der Waals surface area contributed by atoms with Crippen molar-refractivity contribution in [2.75, 3.05) is 11.9 Å². The van der Waals surface area contributed by atoms with Gasteiger partial charge >= 0.3 is 0 Å². The van der Waals surface area contributed by atoms with Crippen LogP contribution in [-0.4, -0.2) is 39.4 Å². The second-order valence-electron chi connectivity index (χ2n) is 6.15. The third kappa shape index (κ3) is 3.43. The van der Waals surface area contributed by atoms with Crippen molar-refractivity contribution in [2.24, 2.45) is 0 Å². The first-order valence-electron chi connectivity index (χ1n) is 7.90. The molecule has 25 heavy (non-hydrogen) atoms. The van der Waals surface area contributed by atoms with E-state index < -0.39 is 5.41 Å². The SMILES string of the molecule is Cc1nnc(NC(=O)CCN2C(=O)C[C@](C)(c3ccccc3)C2=O)s1. The summed E-state index contributed by atoms with van der Waals surface area (Å²) < 4.78 is 0. The molecule has 1 aliphatic heterocycles. The molecule has 0 spiro atoms. The first kappa shape index (κ1) is 17.2. The number of hydrogen-bond acceptors (Lipinski definition) is 6. The van der Waals surface area contributed by atoms with Gasteiger partial charge in [-0.15, -0.1) is 10.2 Å². The third-order valence-electron chi connectivity index (χ3n) is 4.27. The molecule has 3 rings (SSSR count). The zero-order chi connectivity index (χ0) is 18.0. The fourth-order valence-corrected chi connectivity index (χ4v) is 3.49. The number of rotatable bonds is 5. The van der Waals surface area contributed by atoms with Crippen LogP contribution in [0.2, 0.25) is 0 Å². The second kappa shape index (κ2) is 6.72. The topological polar surface area (TPSA) is 92.3 Å². The van der Waals surface area contributed by atoms with Crippen LogP contribution in [0.15, 0.2) is 30.3 Å². The molecular formula is C17H18N4O3S. The van der Waals surface area contributed by atoms with Crippen molar-refractivity contribution in [1.82, 2.24) is 15.1 Å². The van der Waals surface area contributed by atoms with Crippen LogP contribution in [0.25, 0.3) is 0 Å². The highest BCUT2D eigenvalue weighted by Crippen LogP contribution is 2.36. The van der Waals surface area contributed by atoms with Crippen LogP contribution >= 0.6 is 11.3 Å². The van der Waals surface area contributed by atoms with Gasteiger partial charge in [-0.25, -0.2) is 0 Å². The van der Waals surface area contributed by atoms with Crippen molar-refractivity contribution in [3.05, 3.63) is 40.9 Å². The third-order valence-corrected chi connectivity index (χ3v) is 5.02. The minimum absolute atomic E-state index is 0.0287. The van der Waals surface area contributed by atoms with E-state index in [-0.39, 0.29) is 37.1 Å². The number of aryl methyl sites for hydroxylation is 1. The summed E-state index contributed by atoms with van der Waals surface area (Å²) >= 11 is 1.27. The number of aromatic nitrogens is 2. The molecule has 0 aliphatic carbocycles. The van der Waals surface area contributed by atoms with E-state index >= 15 is 0 Å². The van der Waals surface area contributed by atoms with Gasteiger partial charge in [-0.1, -0.05) is 41.7 Å². The molecule has 1 aromatic carbocycles. The van der Waals surface area contributed by atoms with E-state index in [4.69, 9.17) is 0 Å². The Morgan fingerprint density at radius 2 is 2.00 bits per heavy atom. The summed E-state index contributed by atoms with van der Waals surface area (Å²) in [5.74, 6) is -0.816. The lowest BCUT2D eigenvalue weighted by Crippen LogP contribution is -2.38. The summed E-state index contributed by atoms with van der Waals surface area (Å²) in [4.78, 5) is 38.2. The highest BCUT2D eigenvalue weighted by Gasteiger charge is 2.49. The number of anilines is 1. The van der Waals surface area contributed by atoms with Crippen LogP contribution in [0.4, 0.5) is 5.13 Å². The van der Waals surface area contributed by atoms with Crippen LogP contribution in [-0.2, 0) is 19.8 Å². The van der Waals surface area contributed by atoms with Crippen LogP contribution < -0.4 is 5.32 Å². The van der Waals surface area contributed by atoms with E-state index in [0.717, 1.165) is 10.6 Å². The molecule has 8 heteroatoms. The molecule has 0 saturated carbocycles. The van der Waals surface area contributed by atoms with E-state index in [0.29, 0.717) is 5.13 Å². The molecular weight excluding hydrogens is 340 g/mol. The van der Waals surface area contributed by atoms with E-state index in [1.165, 1.54) is 16.2 Å². The van der Waals surface area contributed by atoms with Gasteiger partial charge in [0.25, 0.3) is 0 Å². The maximum Gasteiger partial charge on any atom is 0.240 e. The van der Waals surface area contributed by atoms with Crippen LogP contribution in [0.3, 0.4) is 0 Å². The number of amides is 3. The normalized spacial score (nSPS) is 20.2. The minimum atomic E-state index is -0.870. The number of nitrogens with zero attached hydrogens (tertiary/aromatic N) is 3. The van der Waals surface area contributed by atoms with Crippen molar-refractivity contribution in [2.45, 2.75) is 32.1 Å². The van der Waals surface area contributed by atoms with Crippen molar-refractivity contribution < 1.29 is 14.4 Å². The highest BCUT2D eigenvalue weighted by molar-refractivity contribution is 7.15. The predicted molar refractivity (Wildman–Crippen MR) is 93.0 cm³/mol. The molecule has 1 aromatic heterocycles. The maximum absolute atomic E-state index is 12.8. The van der Waals surface area contributed by atoms with E-state index in [1.54, 1.807) is 13.8 Å².